The van der Waals surface area contributed by atoms with Crippen LogP contribution in [0.3, 0.4) is 0 Å². The monoisotopic (exact) mass is 198 g/mol. The van der Waals surface area contributed by atoms with Crippen LogP contribution in [-0.2, 0) is 6.42 Å². The third kappa shape index (κ3) is 3.09. The minimum atomic E-state index is -0.422. The van der Waals surface area contributed by atoms with Gasteiger partial charge in [-0.15, -0.1) is 0 Å². The molecule has 1 aromatic carbocycles. The van der Waals surface area contributed by atoms with Gasteiger partial charge in [0.05, 0.1) is 0 Å². The van der Waals surface area contributed by atoms with E-state index in [9.17, 15) is 8.78 Å². The Morgan fingerprint density at radius 3 is 2.21 bits per heavy atom. The van der Waals surface area contributed by atoms with Crippen LogP contribution in [0, 0.1) is 17.6 Å². The van der Waals surface area contributed by atoms with Crippen LogP contribution < -0.4 is 0 Å². The summed E-state index contributed by atoms with van der Waals surface area (Å²) in [5, 5.41) is 0. The van der Waals surface area contributed by atoms with Crippen LogP contribution in [0.5, 0.6) is 0 Å². The van der Waals surface area contributed by atoms with Crippen LogP contribution in [0.1, 0.15) is 32.3 Å². The molecule has 14 heavy (non-hydrogen) atoms. The Balaban J connectivity index is 2.58. The van der Waals surface area contributed by atoms with Gasteiger partial charge in [-0.2, -0.15) is 0 Å². The number of rotatable bonds is 4. The SMILES string of the molecule is CC(C)CCCc1c(F)cccc1F. The first kappa shape index (κ1) is 11.2. The quantitative estimate of drug-likeness (QED) is 0.687. The molecule has 0 unspecified atom stereocenters. The number of hydrogen-bond acceptors (Lipinski definition) is 0. The molecule has 1 aromatic rings. The molecule has 1 rings (SSSR count). The molecule has 0 N–H and O–H groups in total. The fourth-order valence-corrected chi connectivity index (χ4v) is 1.46. The van der Waals surface area contributed by atoms with Crippen molar-refractivity contribution in [3.8, 4) is 0 Å². The van der Waals surface area contributed by atoms with Crippen molar-refractivity contribution < 1.29 is 8.78 Å². The molecule has 0 heterocycles. The van der Waals surface area contributed by atoms with Gasteiger partial charge in [-0.3, -0.25) is 0 Å². The number of halogens is 2. The molecule has 0 atom stereocenters. The molecule has 0 aliphatic heterocycles. The number of hydrogen-bond donors (Lipinski definition) is 0. The summed E-state index contributed by atoms with van der Waals surface area (Å²) in [4.78, 5) is 0. The van der Waals surface area contributed by atoms with E-state index in [-0.39, 0.29) is 5.56 Å². The Bertz CT molecular complexity index is 272. The minimum absolute atomic E-state index is 0.230. The van der Waals surface area contributed by atoms with Crippen LogP contribution in [0.2, 0.25) is 0 Å². The molecular formula is C12H16F2. The van der Waals surface area contributed by atoms with Crippen LogP contribution in [-0.4, -0.2) is 0 Å². The van der Waals surface area contributed by atoms with Gasteiger partial charge in [0.2, 0.25) is 0 Å². The first-order valence-corrected chi connectivity index (χ1v) is 5.04. The van der Waals surface area contributed by atoms with E-state index in [0.717, 1.165) is 12.8 Å². The molecule has 0 bridgehead atoms. The van der Waals surface area contributed by atoms with E-state index in [4.69, 9.17) is 0 Å². The Hall–Kier alpha value is -0.920. The molecule has 0 nitrogen and oxygen atoms in total. The largest absolute Gasteiger partial charge is 0.207 e. The average Bonchev–Trinajstić information content (AvgIpc) is 2.09. The summed E-state index contributed by atoms with van der Waals surface area (Å²) in [6.07, 6.45) is 2.35. The smallest absolute Gasteiger partial charge is 0.129 e. The maximum Gasteiger partial charge on any atom is 0.129 e. The molecule has 78 valence electrons. The second kappa shape index (κ2) is 5.08. The summed E-state index contributed by atoms with van der Waals surface area (Å²) in [6, 6.07) is 4.03. The van der Waals surface area contributed by atoms with Gasteiger partial charge in [0, 0.05) is 5.56 Å². The molecule has 0 saturated heterocycles. The Kier molecular flexibility index (Phi) is 4.05. The molecule has 0 radical (unpaired) electrons. The minimum Gasteiger partial charge on any atom is -0.207 e. The second-order valence-corrected chi connectivity index (χ2v) is 3.99. The highest BCUT2D eigenvalue weighted by atomic mass is 19.1. The Morgan fingerprint density at radius 1 is 1.14 bits per heavy atom. The highest BCUT2D eigenvalue weighted by Crippen LogP contribution is 2.16. The van der Waals surface area contributed by atoms with Gasteiger partial charge in [0.15, 0.2) is 0 Å². The van der Waals surface area contributed by atoms with Crippen molar-refractivity contribution in [1.29, 1.82) is 0 Å². The fourth-order valence-electron chi connectivity index (χ4n) is 1.46. The summed E-state index contributed by atoms with van der Waals surface area (Å²) in [5.41, 5.74) is 0.230. The molecule has 0 aliphatic rings. The first-order valence-electron chi connectivity index (χ1n) is 5.04. The lowest BCUT2D eigenvalue weighted by Crippen LogP contribution is -1.97. The van der Waals surface area contributed by atoms with Gasteiger partial charge in [-0.25, -0.2) is 8.78 Å². The third-order valence-electron chi connectivity index (χ3n) is 2.27. The van der Waals surface area contributed by atoms with E-state index in [0.29, 0.717) is 12.3 Å². The molecule has 0 fully saturated rings. The van der Waals surface area contributed by atoms with Crippen molar-refractivity contribution in [2.24, 2.45) is 5.92 Å². The molecule has 0 saturated carbocycles. The standard InChI is InChI=1S/C12H16F2/c1-9(2)5-3-6-10-11(13)7-4-8-12(10)14/h4,7-9H,3,5-6H2,1-2H3. The highest BCUT2D eigenvalue weighted by molar-refractivity contribution is 5.19. The number of benzene rings is 1. The van der Waals surface area contributed by atoms with E-state index >= 15 is 0 Å². The Morgan fingerprint density at radius 2 is 1.71 bits per heavy atom. The molecule has 0 spiro atoms. The molecule has 0 aliphatic carbocycles. The fraction of sp³-hybridized carbons (Fsp3) is 0.500. The average molecular weight is 198 g/mol. The zero-order valence-electron chi connectivity index (χ0n) is 8.69. The first-order chi connectivity index (χ1) is 6.61. The predicted octanol–water partition coefficient (Wildman–Crippen LogP) is 3.94. The van der Waals surface area contributed by atoms with Crippen LogP contribution in [0.25, 0.3) is 0 Å². The van der Waals surface area contributed by atoms with E-state index in [1.54, 1.807) is 0 Å². The normalized spacial score (nSPS) is 10.9. The molecular weight excluding hydrogens is 182 g/mol. The van der Waals surface area contributed by atoms with Crippen LogP contribution in [0.15, 0.2) is 18.2 Å². The lowest BCUT2D eigenvalue weighted by Gasteiger charge is -2.06. The van der Waals surface area contributed by atoms with Crippen molar-refractivity contribution in [3.63, 3.8) is 0 Å². The van der Waals surface area contributed by atoms with Crippen LogP contribution >= 0.6 is 0 Å². The van der Waals surface area contributed by atoms with Gasteiger partial charge < -0.3 is 0 Å². The van der Waals surface area contributed by atoms with E-state index < -0.39 is 11.6 Å². The van der Waals surface area contributed by atoms with Gasteiger partial charge in [-0.05, 0) is 30.9 Å². The van der Waals surface area contributed by atoms with Gasteiger partial charge >= 0.3 is 0 Å². The Labute approximate surface area is 84.0 Å². The van der Waals surface area contributed by atoms with E-state index in [1.807, 2.05) is 0 Å². The van der Waals surface area contributed by atoms with Crippen molar-refractivity contribution in [2.45, 2.75) is 33.1 Å². The zero-order valence-corrected chi connectivity index (χ0v) is 8.69. The summed E-state index contributed by atoms with van der Waals surface area (Å²) in [5.74, 6) is -0.257. The third-order valence-corrected chi connectivity index (χ3v) is 2.27. The zero-order chi connectivity index (χ0) is 10.6. The molecule has 0 aromatic heterocycles. The highest BCUT2D eigenvalue weighted by Gasteiger charge is 2.07. The summed E-state index contributed by atoms with van der Waals surface area (Å²) in [7, 11) is 0. The van der Waals surface area contributed by atoms with Gasteiger partial charge in [0.25, 0.3) is 0 Å². The lowest BCUT2D eigenvalue weighted by molar-refractivity contribution is 0.518. The van der Waals surface area contributed by atoms with E-state index in [2.05, 4.69) is 13.8 Å². The topological polar surface area (TPSA) is 0 Å². The maximum absolute atomic E-state index is 13.1. The van der Waals surface area contributed by atoms with Crippen molar-refractivity contribution >= 4 is 0 Å². The maximum atomic E-state index is 13.1. The summed E-state index contributed by atoms with van der Waals surface area (Å²) < 4.78 is 26.3. The summed E-state index contributed by atoms with van der Waals surface area (Å²) in [6.45, 7) is 4.22. The predicted molar refractivity (Wildman–Crippen MR) is 54.1 cm³/mol. The van der Waals surface area contributed by atoms with Crippen molar-refractivity contribution in [3.05, 3.63) is 35.4 Å². The van der Waals surface area contributed by atoms with Crippen molar-refractivity contribution in [1.82, 2.24) is 0 Å². The molecule has 0 amide bonds. The van der Waals surface area contributed by atoms with Crippen LogP contribution in [0.4, 0.5) is 8.78 Å². The van der Waals surface area contributed by atoms with Gasteiger partial charge in [0.1, 0.15) is 11.6 Å². The second-order valence-electron chi connectivity index (χ2n) is 3.99. The lowest BCUT2D eigenvalue weighted by atomic mass is 10.0. The van der Waals surface area contributed by atoms with E-state index in [1.165, 1.54) is 18.2 Å². The molecule has 2 heteroatoms. The van der Waals surface area contributed by atoms with Crippen molar-refractivity contribution in [2.75, 3.05) is 0 Å². The summed E-state index contributed by atoms with van der Waals surface area (Å²) >= 11 is 0. The van der Waals surface area contributed by atoms with Gasteiger partial charge in [-0.1, -0.05) is 26.3 Å².